The predicted molar refractivity (Wildman–Crippen MR) is 193 cm³/mol. The van der Waals surface area contributed by atoms with Crippen LogP contribution in [0.25, 0.3) is 0 Å². The number of hydrogen-bond acceptors (Lipinski definition) is 10. The lowest BCUT2D eigenvalue weighted by Gasteiger charge is -2.42. The number of para-hydroxylation sites is 1. The lowest BCUT2D eigenvalue weighted by molar-refractivity contribution is -0.138. The highest BCUT2D eigenvalue weighted by Crippen LogP contribution is 2.55. The van der Waals surface area contributed by atoms with Crippen molar-refractivity contribution in [1.29, 1.82) is 0 Å². The fourth-order valence-corrected chi connectivity index (χ4v) is 9.33. The van der Waals surface area contributed by atoms with E-state index in [0.29, 0.717) is 36.6 Å². The zero-order valence-electron chi connectivity index (χ0n) is 29.8. The van der Waals surface area contributed by atoms with E-state index < -0.39 is 33.6 Å². The van der Waals surface area contributed by atoms with Crippen LogP contribution >= 0.6 is 11.6 Å². The Labute approximate surface area is 309 Å². The Morgan fingerprint density at radius 1 is 0.942 bits per heavy atom. The third kappa shape index (κ3) is 6.35. The van der Waals surface area contributed by atoms with E-state index in [2.05, 4.69) is 0 Å². The molecule has 0 bridgehead atoms. The van der Waals surface area contributed by atoms with Crippen molar-refractivity contribution in [1.82, 2.24) is 14.7 Å². The van der Waals surface area contributed by atoms with Crippen molar-refractivity contribution in [3.8, 4) is 17.2 Å². The molecular weight excluding hydrogens is 712 g/mol. The molecule has 3 aromatic rings. The molecule has 52 heavy (non-hydrogen) atoms. The van der Waals surface area contributed by atoms with Crippen LogP contribution in [0.1, 0.15) is 36.8 Å². The van der Waals surface area contributed by atoms with Gasteiger partial charge in [0.1, 0.15) is 22.1 Å². The molecular formula is C37H43ClN4O9S. The van der Waals surface area contributed by atoms with Gasteiger partial charge in [-0.05, 0) is 55.7 Å². The Bertz CT molecular complexity index is 1980. The van der Waals surface area contributed by atoms with Crippen molar-refractivity contribution in [2.24, 2.45) is 0 Å². The molecule has 3 atom stereocenters. The summed E-state index contributed by atoms with van der Waals surface area (Å²) in [6.45, 7) is 1.34. The molecule has 0 aromatic heterocycles. The normalized spacial score (nSPS) is 22.0. The summed E-state index contributed by atoms with van der Waals surface area (Å²) in [5.41, 5.74) is -1.30. The third-order valence-electron chi connectivity index (χ3n) is 10.0. The zero-order chi connectivity index (χ0) is 37.4. The van der Waals surface area contributed by atoms with E-state index in [-0.39, 0.29) is 58.3 Å². The highest BCUT2D eigenvalue weighted by Gasteiger charge is 2.64. The molecule has 0 spiro atoms. The van der Waals surface area contributed by atoms with Crippen molar-refractivity contribution in [3.63, 3.8) is 0 Å². The van der Waals surface area contributed by atoms with Crippen LogP contribution < -0.4 is 18.5 Å². The summed E-state index contributed by atoms with van der Waals surface area (Å²) in [6.07, 6.45) is 1.94. The number of ether oxygens (including phenoxy) is 4. The molecule has 13 nitrogen and oxygen atoms in total. The van der Waals surface area contributed by atoms with Gasteiger partial charge >= 0.3 is 0 Å². The van der Waals surface area contributed by atoms with Crippen LogP contribution in [0.5, 0.6) is 17.2 Å². The number of piperidine rings is 1. The first kappa shape index (κ1) is 37.4. The van der Waals surface area contributed by atoms with Crippen molar-refractivity contribution < 1.29 is 41.7 Å². The highest BCUT2D eigenvalue weighted by molar-refractivity contribution is 7.93. The molecule has 3 aromatic carbocycles. The molecule has 3 aliphatic rings. The summed E-state index contributed by atoms with van der Waals surface area (Å²) < 4.78 is 53.4. The van der Waals surface area contributed by atoms with Crippen LogP contribution in [0.3, 0.4) is 0 Å². The van der Waals surface area contributed by atoms with Gasteiger partial charge in [0.05, 0.1) is 45.8 Å². The van der Waals surface area contributed by atoms with Crippen molar-refractivity contribution in [2.45, 2.75) is 48.3 Å². The van der Waals surface area contributed by atoms with Gasteiger partial charge in [-0.2, -0.15) is 0 Å². The van der Waals surface area contributed by atoms with Gasteiger partial charge in [0.25, 0.3) is 15.9 Å². The molecule has 3 aliphatic heterocycles. The summed E-state index contributed by atoms with van der Waals surface area (Å²) in [5.74, 6) is -0.452. The Morgan fingerprint density at radius 3 is 2.38 bits per heavy atom. The molecule has 0 radical (unpaired) electrons. The number of carbonyl (C=O) groups is 3. The number of halogens is 1. The number of sulfonamides is 1. The van der Waals surface area contributed by atoms with Gasteiger partial charge in [-0.25, -0.2) is 12.7 Å². The second-order valence-corrected chi connectivity index (χ2v) is 15.3. The van der Waals surface area contributed by atoms with E-state index in [1.54, 1.807) is 54.2 Å². The molecule has 0 aliphatic carbocycles. The number of likely N-dealkylation sites (N-methyl/N-ethyl adjacent to an activating group) is 1. The number of amides is 3. The predicted octanol–water partition coefficient (Wildman–Crippen LogP) is 3.91. The van der Waals surface area contributed by atoms with E-state index in [4.69, 9.17) is 30.5 Å². The van der Waals surface area contributed by atoms with Gasteiger partial charge in [-0.1, -0.05) is 29.8 Å². The van der Waals surface area contributed by atoms with Gasteiger partial charge in [0.2, 0.25) is 11.8 Å². The smallest absolute Gasteiger partial charge is 0.274 e. The Morgan fingerprint density at radius 2 is 1.69 bits per heavy atom. The summed E-state index contributed by atoms with van der Waals surface area (Å²) in [4.78, 5) is 46.9. The Balaban J connectivity index is 1.53. The molecule has 3 heterocycles. The number of benzene rings is 3. The largest absolute Gasteiger partial charge is 0.497 e. The van der Waals surface area contributed by atoms with Crippen LogP contribution in [-0.4, -0.2) is 115 Å². The van der Waals surface area contributed by atoms with Gasteiger partial charge in [0.15, 0.2) is 5.54 Å². The maximum atomic E-state index is 15.6. The second-order valence-electron chi connectivity index (χ2n) is 13.1. The number of fused-ring (bicyclic) bond motifs is 1. The number of likely N-dealkylation sites (tertiary alicyclic amines) is 2. The molecule has 15 heteroatoms. The van der Waals surface area contributed by atoms with Crippen LogP contribution in [0, 0.1) is 0 Å². The number of rotatable bonds is 12. The average Bonchev–Trinajstić information content (AvgIpc) is 3.68. The summed E-state index contributed by atoms with van der Waals surface area (Å²) in [7, 11) is 2.80. The summed E-state index contributed by atoms with van der Waals surface area (Å²) in [6, 6.07) is 14.7. The first-order valence-electron chi connectivity index (χ1n) is 17.0. The van der Waals surface area contributed by atoms with Crippen LogP contribution in [0.2, 0.25) is 5.02 Å². The van der Waals surface area contributed by atoms with Crippen LogP contribution in [-0.2, 0) is 34.7 Å². The molecule has 0 saturated carbocycles. The molecule has 0 N–H and O–H groups in total. The van der Waals surface area contributed by atoms with Crippen molar-refractivity contribution in [2.75, 3.05) is 66.0 Å². The van der Waals surface area contributed by atoms with Gasteiger partial charge in [-0.15, -0.1) is 0 Å². The molecule has 6 rings (SSSR count). The quantitative estimate of drug-likeness (QED) is 0.268. The summed E-state index contributed by atoms with van der Waals surface area (Å²) in [5, 5.41) is 0.251. The zero-order valence-corrected chi connectivity index (χ0v) is 31.4. The number of carbonyl (C=O) groups excluding carboxylic acids is 3. The van der Waals surface area contributed by atoms with Gasteiger partial charge < -0.3 is 28.7 Å². The topological polar surface area (TPSA) is 135 Å². The fourth-order valence-electron chi connectivity index (χ4n) is 7.56. The molecule has 0 unspecified atom stereocenters. The molecule has 2 fully saturated rings. The Hall–Kier alpha value is -4.37. The first-order valence-corrected chi connectivity index (χ1v) is 18.8. The van der Waals surface area contributed by atoms with Crippen molar-refractivity contribution in [3.05, 3.63) is 76.8 Å². The number of nitrogens with zero attached hydrogens (tertiary/aromatic N) is 4. The SMILES string of the molecule is COc1ccc(S(=O)(=O)N2C(=O)[C@@](c3ccccc3OC)(N3C[C@H](OCCN4CCCCC4=O)C[C@H]3C(=O)N(C)C)c3cc(Cl)ccc32)c(OC)c1. The lowest BCUT2D eigenvalue weighted by Crippen LogP contribution is -2.59. The van der Waals surface area contributed by atoms with E-state index in [1.165, 1.54) is 56.6 Å². The maximum Gasteiger partial charge on any atom is 0.274 e. The third-order valence-corrected chi connectivity index (χ3v) is 12.0. The molecule has 278 valence electrons. The highest BCUT2D eigenvalue weighted by atomic mass is 35.5. The number of methoxy groups -OCH3 is 3. The minimum atomic E-state index is -4.68. The van der Waals surface area contributed by atoms with Gasteiger partial charge in [0, 0.05) is 62.4 Å². The second kappa shape index (κ2) is 14.9. The average molecular weight is 755 g/mol. The lowest BCUT2D eigenvalue weighted by atomic mass is 9.80. The van der Waals surface area contributed by atoms with E-state index in [0.717, 1.165) is 17.1 Å². The first-order chi connectivity index (χ1) is 24.9. The van der Waals surface area contributed by atoms with E-state index in [9.17, 15) is 18.0 Å². The summed E-state index contributed by atoms with van der Waals surface area (Å²) >= 11 is 6.66. The Kier molecular flexibility index (Phi) is 10.7. The van der Waals surface area contributed by atoms with E-state index in [1.807, 2.05) is 0 Å². The number of anilines is 1. The minimum absolute atomic E-state index is 0.0278. The standard InChI is InChI=1S/C37H43ClN4O9S/c1-39(2)35(44)30-21-26(51-19-18-40-17-9-8-12-34(40)43)23-41(30)37(27-10-6-7-11-31(27)49-4)28-20-24(38)13-15-29(28)42(36(37)45)52(46,47)33-16-14-25(48-3)22-32(33)50-5/h6-7,10-11,13-16,20,22,26,30H,8-9,12,17-19,21,23H2,1-5H3/t26-,30+,37+/m1/s1. The van der Waals surface area contributed by atoms with E-state index >= 15 is 4.79 Å². The monoisotopic (exact) mass is 754 g/mol. The molecule has 3 amide bonds. The fraction of sp³-hybridized carbons (Fsp3) is 0.432. The van der Waals surface area contributed by atoms with Crippen molar-refractivity contribution >= 4 is 45.0 Å². The van der Waals surface area contributed by atoms with Crippen LogP contribution in [0.4, 0.5) is 5.69 Å². The van der Waals surface area contributed by atoms with Gasteiger partial charge in [-0.3, -0.25) is 19.3 Å². The van der Waals surface area contributed by atoms with Crippen LogP contribution in [0.15, 0.2) is 65.6 Å². The maximum absolute atomic E-state index is 15.6. The minimum Gasteiger partial charge on any atom is -0.497 e. The molecule has 2 saturated heterocycles. The number of hydrogen-bond donors (Lipinski definition) is 0.